The molecule has 0 saturated heterocycles. The van der Waals surface area contributed by atoms with Crippen LogP contribution >= 0.6 is 0 Å². The van der Waals surface area contributed by atoms with E-state index in [4.69, 9.17) is 4.98 Å². The molecule has 3 nitrogen and oxygen atoms in total. The number of benzene rings is 3. The minimum absolute atomic E-state index is 0.233. The normalized spacial score (nSPS) is 16.7. The fourth-order valence-electron chi connectivity index (χ4n) is 4.71. The lowest BCUT2D eigenvalue weighted by Crippen LogP contribution is -2.36. The van der Waals surface area contributed by atoms with Crippen molar-refractivity contribution in [1.29, 1.82) is 0 Å². The minimum Gasteiger partial charge on any atom is -0.393 e. The summed E-state index contributed by atoms with van der Waals surface area (Å²) in [7, 11) is 0. The van der Waals surface area contributed by atoms with E-state index in [1.54, 1.807) is 0 Å². The standard InChI is InChI=1S/C28H26N2O/c31-26-18-16-22(17-19-26)27-20-30(21-29-27)28(23-10-4-1-5-11-23,24-12-6-2-7-13-24)25-14-8-3-9-15-25/h1-16,20-21,26,31H,17-19H2. The number of aliphatic hydroxyl groups is 1. The monoisotopic (exact) mass is 406 g/mol. The molecule has 1 unspecified atom stereocenters. The average Bonchev–Trinajstić information content (AvgIpc) is 3.33. The molecule has 1 aliphatic rings. The summed E-state index contributed by atoms with van der Waals surface area (Å²) in [6, 6.07) is 31.9. The minimum atomic E-state index is -0.538. The van der Waals surface area contributed by atoms with Crippen LogP contribution in [-0.4, -0.2) is 20.8 Å². The molecule has 0 aliphatic heterocycles. The van der Waals surface area contributed by atoms with Crippen molar-refractivity contribution in [1.82, 2.24) is 9.55 Å². The Labute approximate surface area is 183 Å². The highest BCUT2D eigenvalue weighted by Crippen LogP contribution is 2.41. The van der Waals surface area contributed by atoms with Crippen molar-refractivity contribution >= 4 is 5.57 Å². The SMILES string of the molecule is OC1CC=C(c2cn(C(c3ccccc3)(c3ccccc3)c3ccccc3)cn2)CC1. The largest absolute Gasteiger partial charge is 0.393 e. The highest BCUT2D eigenvalue weighted by molar-refractivity contribution is 5.63. The molecule has 3 aromatic carbocycles. The summed E-state index contributed by atoms with van der Waals surface area (Å²) in [6.07, 6.45) is 8.36. The second kappa shape index (κ2) is 8.37. The van der Waals surface area contributed by atoms with Crippen LogP contribution in [0.2, 0.25) is 0 Å². The number of hydrogen-bond donors (Lipinski definition) is 1. The van der Waals surface area contributed by atoms with E-state index in [1.165, 1.54) is 22.3 Å². The van der Waals surface area contributed by atoms with Gasteiger partial charge in [0, 0.05) is 6.20 Å². The van der Waals surface area contributed by atoms with E-state index in [9.17, 15) is 5.11 Å². The molecule has 1 N–H and O–H groups in total. The van der Waals surface area contributed by atoms with Gasteiger partial charge in [-0.05, 0) is 41.5 Å². The maximum atomic E-state index is 9.88. The van der Waals surface area contributed by atoms with Gasteiger partial charge in [-0.25, -0.2) is 4.98 Å². The molecular weight excluding hydrogens is 380 g/mol. The number of aromatic nitrogens is 2. The Morgan fingerprint density at radius 3 is 1.74 bits per heavy atom. The Kier molecular flexibility index (Phi) is 5.27. The third kappa shape index (κ3) is 3.51. The van der Waals surface area contributed by atoms with E-state index >= 15 is 0 Å². The summed E-state index contributed by atoms with van der Waals surface area (Å²) in [6.45, 7) is 0. The number of nitrogens with zero attached hydrogens (tertiary/aromatic N) is 2. The van der Waals surface area contributed by atoms with Crippen molar-refractivity contribution < 1.29 is 5.11 Å². The van der Waals surface area contributed by atoms with Crippen LogP contribution in [0, 0.1) is 0 Å². The van der Waals surface area contributed by atoms with E-state index in [0.717, 1.165) is 18.5 Å². The summed E-state index contributed by atoms with van der Waals surface area (Å²) in [5.41, 5.74) is 5.22. The van der Waals surface area contributed by atoms with Crippen molar-refractivity contribution in [3.05, 3.63) is 132 Å². The van der Waals surface area contributed by atoms with Gasteiger partial charge in [0.15, 0.2) is 0 Å². The first-order valence-electron chi connectivity index (χ1n) is 10.9. The molecule has 0 saturated carbocycles. The van der Waals surface area contributed by atoms with E-state index in [1.807, 2.05) is 6.33 Å². The van der Waals surface area contributed by atoms with E-state index in [2.05, 4.69) is 108 Å². The summed E-state index contributed by atoms with van der Waals surface area (Å²) in [5, 5.41) is 9.88. The molecule has 0 spiro atoms. The average molecular weight is 407 g/mol. The van der Waals surface area contributed by atoms with Gasteiger partial charge in [-0.2, -0.15) is 0 Å². The van der Waals surface area contributed by atoms with Crippen LogP contribution in [0.25, 0.3) is 5.57 Å². The molecule has 3 heteroatoms. The summed E-state index contributed by atoms with van der Waals surface area (Å²) in [5.74, 6) is 0. The lowest BCUT2D eigenvalue weighted by molar-refractivity contribution is 0.166. The number of rotatable bonds is 5. The number of aliphatic hydroxyl groups excluding tert-OH is 1. The number of imidazole rings is 1. The fraction of sp³-hybridized carbons (Fsp3) is 0.179. The van der Waals surface area contributed by atoms with Gasteiger partial charge < -0.3 is 9.67 Å². The molecule has 5 rings (SSSR count). The lowest BCUT2D eigenvalue weighted by Gasteiger charge is -2.37. The maximum absolute atomic E-state index is 9.88. The third-order valence-electron chi connectivity index (χ3n) is 6.26. The third-order valence-corrected chi connectivity index (χ3v) is 6.26. The molecule has 1 heterocycles. The molecule has 1 aromatic heterocycles. The number of allylic oxidation sites excluding steroid dienone is 1. The molecule has 1 aliphatic carbocycles. The summed E-state index contributed by atoms with van der Waals surface area (Å²) in [4.78, 5) is 4.82. The summed E-state index contributed by atoms with van der Waals surface area (Å²) >= 11 is 0. The van der Waals surface area contributed by atoms with E-state index < -0.39 is 5.54 Å². The van der Waals surface area contributed by atoms with Gasteiger partial charge in [-0.1, -0.05) is 97.1 Å². The Morgan fingerprint density at radius 2 is 1.29 bits per heavy atom. The van der Waals surface area contributed by atoms with Gasteiger partial charge in [0.2, 0.25) is 0 Å². The van der Waals surface area contributed by atoms with Gasteiger partial charge in [-0.15, -0.1) is 0 Å². The van der Waals surface area contributed by atoms with Gasteiger partial charge in [-0.3, -0.25) is 0 Å². The first-order chi connectivity index (χ1) is 15.3. The van der Waals surface area contributed by atoms with Gasteiger partial charge in [0.1, 0.15) is 5.54 Å². The Balaban J connectivity index is 1.75. The van der Waals surface area contributed by atoms with Crippen molar-refractivity contribution in [2.75, 3.05) is 0 Å². The molecule has 4 aromatic rings. The highest BCUT2D eigenvalue weighted by atomic mass is 16.3. The maximum Gasteiger partial charge on any atom is 0.121 e. The zero-order valence-corrected chi connectivity index (χ0v) is 17.4. The molecule has 1 atom stereocenters. The van der Waals surface area contributed by atoms with Gasteiger partial charge in [0.25, 0.3) is 0 Å². The number of hydrogen-bond acceptors (Lipinski definition) is 2. The molecule has 0 amide bonds. The van der Waals surface area contributed by atoms with Crippen molar-refractivity contribution in [3.63, 3.8) is 0 Å². The molecule has 154 valence electrons. The fourth-order valence-corrected chi connectivity index (χ4v) is 4.71. The van der Waals surface area contributed by atoms with Crippen LogP contribution in [0.5, 0.6) is 0 Å². The molecule has 0 radical (unpaired) electrons. The van der Waals surface area contributed by atoms with Crippen molar-refractivity contribution in [3.8, 4) is 0 Å². The first-order valence-corrected chi connectivity index (χ1v) is 10.9. The highest BCUT2D eigenvalue weighted by Gasteiger charge is 2.38. The van der Waals surface area contributed by atoms with Crippen LogP contribution in [0.15, 0.2) is 110 Å². The second-order valence-electron chi connectivity index (χ2n) is 8.13. The summed E-state index contributed by atoms with van der Waals surface area (Å²) < 4.78 is 2.24. The second-order valence-corrected chi connectivity index (χ2v) is 8.13. The van der Waals surface area contributed by atoms with Crippen LogP contribution in [-0.2, 0) is 5.54 Å². The Morgan fingerprint density at radius 1 is 0.774 bits per heavy atom. The smallest absolute Gasteiger partial charge is 0.121 e. The predicted molar refractivity (Wildman–Crippen MR) is 125 cm³/mol. The van der Waals surface area contributed by atoms with Gasteiger partial charge >= 0.3 is 0 Å². The van der Waals surface area contributed by atoms with Crippen LogP contribution in [0.1, 0.15) is 41.6 Å². The molecule has 0 bridgehead atoms. The molecular formula is C28H26N2O. The van der Waals surface area contributed by atoms with Gasteiger partial charge in [0.05, 0.1) is 18.1 Å². The lowest BCUT2D eigenvalue weighted by atomic mass is 9.76. The quantitative estimate of drug-likeness (QED) is 0.435. The first kappa shape index (κ1) is 19.5. The molecule has 0 fully saturated rings. The van der Waals surface area contributed by atoms with Crippen LogP contribution < -0.4 is 0 Å². The van der Waals surface area contributed by atoms with E-state index in [-0.39, 0.29) is 6.10 Å². The zero-order chi connectivity index (χ0) is 21.1. The Hall–Kier alpha value is -3.43. The zero-order valence-electron chi connectivity index (χ0n) is 17.4. The van der Waals surface area contributed by atoms with E-state index in [0.29, 0.717) is 6.42 Å². The Bertz CT molecular complexity index is 1070. The topological polar surface area (TPSA) is 38.0 Å². The molecule has 31 heavy (non-hydrogen) atoms. The van der Waals surface area contributed by atoms with Crippen LogP contribution in [0.4, 0.5) is 0 Å². The van der Waals surface area contributed by atoms with Crippen LogP contribution in [0.3, 0.4) is 0 Å². The predicted octanol–water partition coefficient (Wildman–Crippen LogP) is 5.65. The van der Waals surface area contributed by atoms with Crippen molar-refractivity contribution in [2.45, 2.75) is 30.9 Å². The van der Waals surface area contributed by atoms with Crippen molar-refractivity contribution in [2.24, 2.45) is 0 Å².